The molecular formula is C14H18N2O5. The van der Waals surface area contributed by atoms with Gasteiger partial charge in [0.05, 0.1) is 12.1 Å². The van der Waals surface area contributed by atoms with Crippen molar-refractivity contribution in [3.8, 4) is 0 Å². The zero-order valence-corrected chi connectivity index (χ0v) is 11.5. The van der Waals surface area contributed by atoms with E-state index < -0.39 is 18.0 Å². The van der Waals surface area contributed by atoms with Gasteiger partial charge >= 0.3 is 11.9 Å². The number of benzene rings is 1. The molecule has 1 aliphatic rings. The second-order valence-electron chi connectivity index (χ2n) is 4.59. The van der Waals surface area contributed by atoms with Crippen molar-refractivity contribution < 1.29 is 24.9 Å². The van der Waals surface area contributed by atoms with E-state index in [9.17, 15) is 14.7 Å². The summed E-state index contributed by atoms with van der Waals surface area (Å²) in [5.41, 5.74) is 2.22. The van der Waals surface area contributed by atoms with Crippen LogP contribution in [0.2, 0.25) is 0 Å². The van der Waals surface area contributed by atoms with Crippen LogP contribution in [0.1, 0.15) is 17.2 Å². The van der Waals surface area contributed by atoms with Crippen molar-refractivity contribution in [2.75, 3.05) is 7.05 Å². The third-order valence-corrected chi connectivity index (χ3v) is 3.06. The molecule has 0 saturated heterocycles. The average molecular weight is 294 g/mol. The quantitative estimate of drug-likeness (QED) is 0.355. The van der Waals surface area contributed by atoms with Crippen molar-refractivity contribution in [3.05, 3.63) is 47.5 Å². The SMILES string of the molecule is CN(N)[C@@H]1Cc2ccccc2[C@H]1O.O=C(O)C=CC(=O)O. The average Bonchev–Trinajstić information content (AvgIpc) is 2.75. The summed E-state index contributed by atoms with van der Waals surface area (Å²) >= 11 is 0. The number of fused-ring (bicyclic) bond motifs is 1. The normalized spacial score (nSPS) is 20.0. The number of aliphatic carboxylic acids is 2. The van der Waals surface area contributed by atoms with Gasteiger partial charge in [-0.3, -0.25) is 5.84 Å². The van der Waals surface area contributed by atoms with Crippen LogP contribution in [0.5, 0.6) is 0 Å². The largest absolute Gasteiger partial charge is 0.478 e. The van der Waals surface area contributed by atoms with E-state index in [1.165, 1.54) is 5.56 Å². The molecule has 7 nitrogen and oxygen atoms in total. The number of carboxylic acids is 2. The first-order valence-electron chi connectivity index (χ1n) is 6.20. The monoisotopic (exact) mass is 294 g/mol. The number of nitrogens with two attached hydrogens (primary N) is 1. The first-order chi connectivity index (χ1) is 9.82. The van der Waals surface area contributed by atoms with Gasteiger partial charge in [-0.15, -0.1) is 0 Å². The molecule has 0 fully saturated rings. The number of carbonyl (C=O) groups is 2. The van der Waals surface area contributed by atoms with Crippen LogP contribution in [0, 0.1) is 0 Å². The van der Waals surface area contributed by atoms with Crippen molar-refractivity contribution in [1.82, 2.24) is 5.01 Å². The Morgan fingerprint density at radius 2 is 1.76 bits per heavy atom. The summed E-state index contributed by atoms with van der Waals surface area (Å²) in [4.78, 5) is 19.1. The third kappa shape index (κ3) is 4.99. The topological polar surface area (TPSA) is 124 Å². The van der Waals surface area contributed by atoms with Crippen LogP contribution < -0.4 is 5.84 Å². The molecule has 1 aliphatic carbocycles. The highest BCUT2D eigenvalue weighted by Gasteiger charge is 2.32. The van der Waals surface area contributed by atoms with Crippen molar-refractivity contribution >= 4 is 11.9 Å². The molecule has 0 amide bonds. The molecule has 0 aliphatic heterocycles. The second-order valence-corrected chi connectivity index (χ2v) is 4.59. The Morgan fingerprint density at radius 1 is 1.24 bits per heavy atom. The Morgan fingerprint density at radius 3 is 2.19 bits per heavy atom. The maximum Gasteiger partial charge on any atom is 0.328 e. The molecule has 0 saturated carbocycles. The maximum atomic E-state index is 9.89. The highest BCUT2D eigenvalue weighted by Crippen LogP contribution is 2.32. The summed E-state index contributed by atoms with van der Waals surface area (Å²) in [6, 6.07) is 7.97. The van der Waals surface area contributed by atoms with Gasteiger partial charge in [-0.25, -0.2) is 14.6 Å². The van der Waals surface area contributed by atoms with E-state index in [4.69, 9.17) is 16.1 Å². The van der Waals surface area contributed by atoms with Gasteiger partial charge in [-0.1, -0.05) is 24.3 Å². The van der Waals surface area contributed by atoms with E-state index in [0.717, 1.165) is 12.0 Å². The van der Waals surface area contributed by atoms with Crippen LogP contribution in [0.25, 0.3) is 0 Å². The summed E-state index contributed by atoms with van der Waals surface area (Å²) in [5.74, 6) is 3.13. The molecule has 0 heterocycles. The lowest BCUT2D eigenvalue weighted by Gasteiger charge is -2.21. The molecule has 0 radical (unpaired) electrons. The van der Waals surface area contributed by atoms with E-state index in [-0.39, 0.29) is 6.04 Å². The van der Waals surface area contributed by atoms with Crippen molar-refractivity contribution in [1.29, 1.82) is 0 Å². The maximum absolute atomic E-state index is 9.89. The Labute approximate surface area is 121 Å². The second kappa shape index (κ2) is 7.53. The molecule has 7 heteroatoms. The Hall–Kier alpha value is -2.22. The Kier molecular flexibility index (Phi) is 6.04. The van der Waals surface area contributed by atoms with Gasteiger partial charge in [0.1, 0.15) is 0 Å². The van der Waals surface area contributed by atoms with Gasteiger partial charge in [-0.2, -0.15) is 0 Å². The molecule has 2 atom stereocenters. The number of hydrazine groups is 1. The highest BCUT2D eigenvalue weighted by molar-refractivity contribution is 5.89. The number of aliphatic hydroxyl groups excluding tert-OH is 1. The van der Waals surface area contributed by atoms with E-state index in [0.29, 0.717) is 12.2 Å². The lowest BCUT2D eigenvalue weighted by atomic mass is 10.1. The van der Waals surface area contributed by atoms with Crippen LogP contribution in [0.15, 0.2) is 36.4 Å². The number of aliphatic hydroxyl groups is 1. The van der Waals surface area contributed by atoms with E-state index in [1.54, 1.807) is 12.1 Å². The molecule has 2 rings (SSSR count). The van der Waals surface area contributed by atoms with Gasteiger partial charge in [-0.05, 0) is 17.5 Å². The van der Waals surface area contributed by atoms with Crippen LogP contribution in [0.3, 0.4) is 0 Å². The zero-order valence-electron chi connectivity index (χ0n) is 11.5. The molecule has 1 aromatic carbocycles. The van der Waals surface area contributed by atoms with Crippen LogP contribution in [0.4, 0.5) is 0 Å². The molecule has 1 aromatic rings. The van der Waals surface area contributed by atoms with E-state index in [1.807, 2.05) is 24.3 Å². The zero-order chi connectivity index (χ0) is 16.0. The lowest BCUT2D eigenvalue weighted by Crippen LogP contribution is -2.40. The van der Waals surface area contributed by atoms with Crippen LogP contribution >= 0.6 is 0 Å². The summed E-state index contributed by atoms with van der Waals surface area (Å²) in [5, 5.41) is 27.1. The minimum Gasteiger partial charge on any atom is -0.478 e. The highest BCUT2D eigenvalue weighted by atomic mass is 16.4. The van der Waals surface area contributed by atoms with Crippen molar-refractivity contribution in [3.63, 3.8) is 0 Å². The molecule has 5 N–H and O–H groups in total. The predicted molar refractivity (Wildman–Crippen MR) is 75.3 cm³/mol. The number of hydrogen-bond donors (Lipinski definition) is 4. The lowest BCUT2D eigenvalue weighted by molar-refractivity contribution is -0.134. The number of nitrogens with zero attached hydrogens (tertiary/aromatic N) is 1. The molecule has 0 bridgehead atoms. The van der Waals surface area contributed by atoms with Gasteiger partial charge in [0, 0.05) is 19.2 Å². The molecule has 0 unspecified atom stereocenters. The Balaban J connectivity index is 0.000000240. The molecule has 114 valence electrons. The number of rotatable bonds is 3. The molecule has 0 spiro atoms. The van der Waals surface area contributed by atoms with Crippen LogP contribution in [-0.2, 0) is 16.0 Å². The fourth-order valence-corrected chi connectivity index (χ4v) is 2.06. The van der Waals surface area contributed by atoms with Crippen molar-refractivity contribution in [2.45, 2.75) is 18.6 Å². The Bertz CT molecular complexity index is 526. The number of hydrogen-bond acceptors (Lipinski definition) is 5. The minimum absolute atomic E-state index is 0.0254. The first-order valence-corrected chi connectivity index (χ1v) is 6.20. The smallest absolute Gasteiger partial charge is 0.328 e. The van der Waals surface area contributed by atoms with E-state index >= 15 is 0 Å². The number of likely N-dealkylation sites (N-methyl/N-ethyl adjacent to an activating group) is 1. The summed E-state index contributed by atoms with van der Waals surface area (Å²) < 4.78 is 0. The summed E-state index contributed by atoms with van der Waals surface area (Å²) in [7, 11) is 1.79. The van der Waals surface area contributed by atoms with Gasteiger partial charge in [0.2, 0.25) is 0 Å². The standard InChI is InChI=1S/C10H14N2O.C4H4O4/c1-12(11)9-6-7-4-2-3-5-8(7)10(9)13;5-3(6)1-2-4(7)8/h2-5,9-10,13H,6,11H2,1H3;1-2H,(H,5,6)(H,7,8)/t9-,10-;/m1./s1. The van der Waals surface area contributed by atoms with Gasteiger partial charge in [0.15, 0.2) is 0 Å². The fourth-order valence-electron chi connectivity index (χ4n) is 2.06. The third-order valence-electron chi connectivity index (χ3n) is 3.06. The molecule has 21 heavy (non-hydrogen) atoms. The first kappa shape index (κ1) is 16.8. The van der Waals surface area contributed by atoms with Crippen LogP contribution in [-0.4, -0.2) is 45.4 Å². The summed E-state index contributed by atoms with van der Waals surface area (Å²) in [6.45, 7) is 0. The van der Waals surface area contributed by atoms with Crippen molar-refractivity contribution in [2.24, 2.45) is 5.84 Å². The summed E-state index contributed by atoms with van der Waals surface area (Å²) in [6.07, 6.45) is 1.51. The van der Waals surface area contributed by atoms with Gasteiger partial charge < -0.3 is 15.3 Å². The van der Waals surface area contributed by atoms with Gasteiger partial charge in [0.25, 0.3) is 0 Å². The fraction of sp³-hybridized carbons (Fsp3) is 0.286. The molecule has 0 aromatic heterocycles. The van der Waals surface area contributed by atoms with E-state index in [2.05, 4.69) is 0 Å². The number of carboxylic acid groups (broad SMARTS) is 2. The predicted octanol–water partition coefficient (Wildman–Crippen LogP) is 0.162. The molecular weight excluding hydrogens is 276 g/mol. The minimum atomic E-state index is -1.26.